The second kappa shape index (κ2) is 6.87. The van der Waals surface area contributed by atoms with E-state index >= 15 is 0 Å². The Morgan fingerprint density at radius 1 is 1.21 bits per heavy atom. The van der Waals surface area contributed by atoms with Gasteiger partial charge in [0.2, 0.25) is 0 Å². The van der Waals surface area contributed by atoms with Gasteiger partial charge in [-0.3, -0.25) is 0 Å². The zero-order valence-electron chi connectivity index (χ0n) is 12.9. The van der Waals surface area contributed by atoms with Gasteiger partial charge in [0.25, 0.3) is 0 Å². The molecule has 0 aliphatic heterocycles. The maximum absolute atomic E-state index is 13.3. The van der Waals surface area contributed by atoms with Gasteiger partial charge in [0.05, 0.1) is 26.9 Å². The fourth-order valence-corrected chi connectivity index (χ4v) is 6.17. The van der Waals surface area contributed by atoms with Crippen LogP contribution in [-0.4, -0.2) is 11.3 Å². The lowest BCUT2D eigenvalue weighted by Crippen LogP contribution is -2.11. The zero-order chi connectivity index (χ0) is 17.5. The molecule has 2 aromatic rings. The van der Waals surface area contributed by atoms with Gasteiger partial charge in [-0.25, -0.2) is 8.99 Å². The highest BCUT2D eigenvalue weighted by Crippen LogP contribution is 2.43. The van der Waals surface area contributed by atoms with Crippen molar-refractivity contribution < 1.29 is 8.95 Å². The summed E-state index contributed by atoms with van der Waals surface area (Å²) in [6.45, 7) is 0. The van der Waals surface area contributed by atoms with E-state index in [1.165, 1.54) is 6.42 Å². The molecule has 24 heavy (non-hydrogen) atoms. The predicted molar refractivity (Wildman–Crippen MR) is 101 cm³/mol. The zero-order valence-corrected chi connectivity index (χ0v) is 16.9. The van der Waals surface area contributed by atoms with Gasteiger partial charge in [0, 0.05) is 4.47 Å². The Balaban J connectivity index is 2.14. The number of methoxy groups -OCH3 is 1. The van der Waals surface area contributed by atoms with Crippen LogP contribution in [0.15, 0.2) is 44.6 Å². The summed E-state index contributed by atoms with van der Waals surface area (Å²) in [6, 6.07) is 8.45. The summed E-state index contributed by atoms with van der Waals surface area (Å²) >= 11 is 15.8. The van der Waals surface area contributed by atoms with E-state index < -0.39 is 9.73 Å². The van der Waals surface area contributed by atoms with Crippen molar-refractivity contribution in [2.24, 2.45) is 0 Å². The molecule has 1 aliphatic carbocycles. The molecular weight excluding hydrogens is 433 g/mol. The Bertz CT molecular complexity index is 872. The van der Waals surface area contributed by atoms with Crippen molar-refractivity contribution in [2.75, 3.05) is 7.11 Å². The van der Waals surface area contributed by atoms with Crippen LogP contribution in [0.3, 0.4) is 0 Å². The number of nitrogens with one attached hydrogen (secondary N) is 1. The minimum absolute atomic E-state index is 0.152. The number of ether oxygens (including phenoxy) is 1. The van der Waals surface area contributed by atoms with E-state index in [0.717, 1.165) is 24.2 Å². The monoisotopic (exact) mass is 447 g/mol. The lowest BCUT2D eigenvalue weighted by atomic mass is 9.80. The summed E-state index contributed by atoms with van der Waals surface area (Å²) in [4.78, 5) is 0.551. The molecule has 0 amide bonds. The molecule has 2 aromatic carbocycles. The van der Waals surface area contributed by atoms with E-state index in [2.05, 4.69) is 15.9 Å². The Hall–Kier alpha value is -0.750. The first-order valence-corrected chi connectivity index (χ1v) is 10.6. The third-order valence-electron chi connectivity index (χ3n) is 4.33. The maximum atomic E-state index is 13.3. The smallest absolute Gasteiger partial charge is 0.122 e. The van der Waals surface area contributed by atoms with Gasteiger partial charge < -0.3 is 4.74 Å². The molecule has 1 aliphatic rings. The normalized spacial score (nSPS) is 17.2. The Morgan fingerprint density at radius 3 is 2.33 bits per heavy atom. The third-order valence-corrected chi connectivity index (χ3v) is 7.54. The molecule has 1 N–H and O–H groups in total. The van der Waals surface area contributed by atoms with Gasteiger partial charge in [-0.15, -0.1) is 0 Å². The summed E-state index contributed by atoms with van der Waals surface area (Å²) < 4.78 is 27.9. The molecule has 1 atom stereocenters. The van der Waals surface area contributed by atoms with Gasteiger partial charge in [0.15, 0.2) is 0 Å². The number of rotatable bonds is 4. The van der Waals surface area contributed by atoms with Crippen molar-refractivity contribution in [3.63, 3.8) is 0 Å². The van der Waals surface area contributed by atoms with Gasteiger partial charge in [-0.1, -0.05) is 45.6 Å². The summed E-state index contributed by atoms with van der Waals surface area (Å²) in [6.07, 6.45) is 3.34. The van der Waals surface area contributed by atoms with Gasteiger partial charge in [0.1, 0.15) is 15.5 Å². The molecule has 0 saturated heterocycles. The van der Waals surface area contributed by atoms with Crippen LogP contribution in [0.2, 0.25) is 10.0 Å². The van der Waals surface area contributed by atoms with E-state index in [1.54, 1.807) is 31.4 Å². The highest BCUT2D eigenvalue weighted by molar-refractivity contribution is 9.10. The predicted octanol–water partition coefficient (Wildman–Crippen LogP) is 6.50. The van der Waals surface area contributed by atoms with Gasteiger partial charge in [-0.05, 0) is 54.7 Å². The summed E-state index contributed by atoms with van der Waals surface area (Å²) in [5, 5.41) is 0.436. The molecule has 1 fully saturated rings. The Labute approximate surface area is 160 Å². The first-order valence-electron chi connectivity index (χ1n) is 7.46. The van der Waals surface area contributed by atoms with Crippen molar-refractivity contribution in [1.29, 1.82) is 4.78 Å². The molecule has 7 heteroatoms. The van der Waals surface area contributed by atoms with Crippen LogP contribution >= 0.6 is 39.1 Å². The van der Waals surface area contributed by atoms with Crippen LogP contribution in [0.4, 0.5) is 0 Å². The van der Waals surface area contributed by atoms with Crippen LogP contribution in [0, 0.1) is 4.78 Å². The van der Waals surface area contributed by atoms with Crippen LogP contribution < -0.4 is 4.74 Å². The maximum Gasteiger partial charge on any atom is 0.122 e. The van der Waals surface area contributed by atoms with Crippen LogP contribution in [-0.2, 0) is 9.73 Å². The quantitative estimate of drug-likeness (QED) is 0.580. The molecule has 1 unspecified atom stereocenters. The Morgan fingerprint density at radius 2 is 1.83 bits per heavy atom. The topological polar surface area (TPSA) is 50.1 Å². The largest absolute Gasteiger partial charge is 0.496 e. The SMILES string of the molecule is COc1ccc(S(=N)(=O)c2c(Cl)cc(Br)cc2Cl)cc1C1CCC1. The first kappa shape index (κ1) is 18.1. The minimum atomic E-state index is -3.32. The van der Waals surface area contributed by atoms with Gasteiger partial charge >= 0.3 is 0 Å². The van der Waals surface area contributed by atoms with E-state index in [1.807, 2.05) is 6.07 Å². The minimum Gasteiger partial charge on any atom is -0.496 e. The Kier molecular flexibility index (Phi) is 5.17. The fraction of sp³-hybridized carbons (Fsp3) is 0.294. The molecule has 0 spiro atoms. The second-order valence-corrected chi connectivity index (χ2v) is 9.51. The molecule has 0 aromatic heterocycles. The number of benzene rings is 2. The first-order chi connectivity index (χ1) is 11.3. The molecule has 1 saturated carbocycles. The molecular formula is C17H16BrCl2NO2S. The third kappa shape index (κ3) is 3.19. The molecule has 0 heterocycles. The average Bonchev–Trinajstić information content (AvgIpc) is 2.43. The van der Waals surface area contributed by atoms with E-state index in [9.17, 15) is 4.21 Å². The van der Waals surface area contributed by atoms with Crippen LogP contribution in [0.25, 0.3) is 0 Å². The van der Waals surface area contributed by atoms with Crippen molar-refractivity contribution in [3.05, 3.63) is 50.4 Å². The second-order valence-electron chi connectivity index (χ2n) is 5.79. The van der Waals surface area contributed by atoms with E-state index in [-0.39, 0.29) is 14.9 Å². The number of hydrogen-bond acceptors (Lipinski definition) is 3. The van der Waals surface area contributed by atoms with E-state index in [4.69, 9.17) is 32.7 Å². The highest BCUT2D eigenvalue weighted by atomic mass is 79.9. The summed E-state index contributed by atoms with van der Waals surface area (Å²) in [5.41, 5.74) is 1.01. The molecule has 3 rings (SSSR count). The molecule has 0 radical (unpaired) electrons. The van der Waals surface area contributed by atoms with Crippen molar-refractivity contribution in [3.8, 4) is 5.75 Å². The van der Waals surface area contributed by atoms with Crippen molar-refractivity contribution in [2.45, 2.75) is 35.0 Å². The lowest BCUT2D eigenvalue weighted by Gasteiger charge is -2.28. The summed E-state index contributed by atoms with van der Waals surface area (Å²) in [7, 11) is -1.70. The fourth-order valence-electron chi connectivity index (χ4n) is 2.85. The van der Waals surface area contributed by atoms with Crippen molar-refractivity contribution >= 4 is 48.9 Å². The van der Waals surface area contributed by atoms with Crippen LogP contribution in [0.5, 0.6) is 5.75 Å². The van der Waals surface area contributed by atoms with Gasteiger partial charge in [-0.2, -0.15) is 0 Å². The molecule has 0 bridgehead atoms. The standard InChI is InChI=1S/C17H16BrCl2NO2S/c1-23-16-6-5-12(9-13(16)10-3-2-4-10)24(21,22)17-14(19)7-11(18)8-15(17)20/h5-10,21H,2-4H2,1H3. The highest BCUT2D eigenvalue weighted by Gasteiger charge is 2.27. The van der Waals surface area contributed by atoms with E-state index in [0.29, 0.717) is 15.3 Å². The molecule has 3 nitrogen and oxygen atoms in total. The summed E-state index contributed by atoms with van der Waals surface area (Å²) in [5.74, 6) is 1.16. The average molecular weight is 449 g/mol. The molecule has 128 valence electrons. The van der Waals surface area contributed by atoms with Crippen LogP contribution in [0.1, 0.15) is 30.7 Å². The number of halogens is 3. The van der Waals surface area contributed by atoms with Crippen molar-refractivity contribution in [1.82, 2.24) is 0 Å². The number of hydrogen-bond donors (Lipinski definition) is 1. The lowest BCUT2D eigenvalue weighted by molar-refractivity contribution is 0.373.